The Morgan fingerprint density at radius 3 is 2.90 bits per heavy atom. The van der Waals surface area contributed by atoms with Crippen LogP contribution in [-0.4, -0.2) is 25.6 Å². The van der Waals surface area contributed by atoms with E-state index in [1.165, 1.54) is 0 Å². The molecule has 0 unspecified atom stereocenters. The maximum absolute atomic E-state index is 4.32. The number of benzene rings is 1. The molecule has 2 N–H and O–H groups in total. The predicted molar refractivity (Wildman–Crippen MR) is 78.9 cm³/mol. The molecule has 100 valence electrons. The molecule has 0 fully saturated rings. The first-order valence-electron chi connectivity index (χ1n) is 5.99. The number of nitrogens with zero attached hydrogens (tertiary/aromatic N) is 4. The molecule has 1 aromatic carbocycles. The Morgan fingerprint density at radius 2 is 2.15 bits per heavy atom. The van der Waals surface area contributed by atoms with Gasteiger partial charge in [0.1, 0.15) is 0 Å². The van der Waals surface area contributed by atoms with E-state index in [1.807, 2.05) is 36.4 Å². The fourth-order valence-electron chi connectivity index (χ4n) is 1.76. The van der Waals surface area contributed by atoms with Gasteiger partial charge in [0.25, 0.3) is 0 Å². The number of pyridine rings is 1. The summed E-state index contributed by atoms with van der Waals surface area (Å²) in [5, 5.41) is 17.2. The molecule has 2 aromatic heterocycles. The fourth-order valence-corrected chi connectivity index (χ4v) is 1.99. The quantitative estimate of drug-likeness (QED) is 0.768. The van der Waals surface area contributed by atoms with Gasteiger partial charge in [0.2, 0.25) is 5.82 Å². The Balaban J connectivity index is 1.72. The van der Waals surface area contributed by atoms with Crippen molar-refractivity contribution in [2.24, 2.45) is 0 Å². The highest BCUT2D eigenvalue weighted by molar-refractivity contribution is 9.10. The van der Waals surface area contributed by atoms with Gasteiger partial charge >= 0.3 is 0 Å². The minimum atomic E-state index is 0.579. The molecule has 0 radical (unpaired) electrons. The molecule has 7 heteroatoms. The summed E-state index contributed by atoms with van der Waals surface area (Å²) in [6, 6.07) is 11.8. The monoisotopic (exact) mass is 330 g/mol. The maximum atomic E-state index is 4.32. The summed E-state index contributed by atoms with van der Waals surface area (Å²) in [4.78, 5) is 4.32. The van der Waals surface area contributed by atoms with Crippen LogP contribution in [0.25, 0.3) is 11.4 Å². The lowest BCUT2D eigenvalue weighted by molar-refractivity contribution is 0.881. The minimum Gasteiger partial charge on any atom is -0.379 e. The number of aromatic nitrogens is 5. The molecule has 3 rings (SSSR count). The van der Waals surface area contributed by atoms with Gasteiger partial charge in [-0.15, -0.1) is 10.2 Å². The van der Waals surface area contributed by atoms with Crippen LogP contribution < -0.4 is 5.32 Å². The third kappa shape index (κ3) is 3.00. The molecule has 0 saturated heterocycles. The van der Waals surface area contributed by atoms with Crippen LogP contribution in [0.1, 0.15) is 5.69 Å². The highest BCUT2D eigenvalue weighted by Gasteiger charge is 2.03. The molecule has 0 amide bonds. The van der Waals surface area contributed by atoms with Crippen LogP contribution in [0.3, 0.4) is 0 Å². The molecular formula is C13H11BrN6. The van der Waals surface area contributed by atoms with Crippen molar-refractivity contribution in [1.82, 2.24) is 25.6 Å². The van der Waals surface area contributed by atoms with Gasteiger partial charge in [-0.3, -0.25) is 4.98 Å². The number of aromatic amines is 1. The zero-order valence-corrected chi connectivity index (χ0v) is 12.0. The molecule has 0 aliphatic heterocycles. The molecule has 0 aliphatic carbocycles. The average Bonchev–Trinajstić information content (AvgIpc) is 3.01. The first-order valence-corrected chi connectivity index (χ1v) is 6.79. The highest BCUT2D eigenvalue weighted by Crippen LogP contribution is 2.18. The first kappa shape index (κ1) is 12.7. The predicted octanol–water partition coefficient (Wildman–Crippen LogP) is 2.64. The molecule has 0 spiro atoms. The van der Waals surface area contributed by atoms with E-state index in [1.54, 1.807) is 6.20 Å². The van der Waals surface area contributed by atoms with Crippen LogP contribution in [0, 0.1) is 0 Å². The Kier molecular flexibility index (Phi) is 3.69. The normalized spacial score (nSPS) is 10.4. The zero-order valence-electron chi connectivity index (χ0n) is 10.4. The molecule has 20 heavy (non-hydrogen) atoms. The van der Waals surface area contributed by atoms with Crippen LogP contribution in [0.4, 0.5) is 5.69 Å². The molecule has 3 aromatic rings. The van der Waals surface area contributed by atoms with Crippen LogP contribution >= 0.6 is 15.9 Å². The number of H-pyrrole nitrogens is 1. The van der Waals surface area contributed by atoms with E-state index in [-0.39, 0.29) is 0 Å². The molecule has 0 aliphatic rings. The van der Waals surface area contributed by atoms with Crippen LogP contribution in [0.5, 0.6) is 0 Å². The summed E-state index contributed by atoms with van der Waals surface area (Å²) < 4.78 is 0.973. The van der Waals surface area contributed by atoms with E-state index in [0.29, 0.717) is 12.4 Å². The van der Waals surface area contributed by atoms with Crippen molar-refractivity contribution in [3.63, 3.8) is 0 Å². The largest absolute Gasteiger partial charge is 0.379 e. The molecule has 0 atom stereocenters. The van der Waals surface area contributed by atoms with Gasteiger partial charge in [0.15, 0.2) is 0 Å². The van der Waals surface area contributed by atoms with Crippen LogP contribution in [-0.2, 0) is 6.54 Å². The Bertz CT molecular complexity index is 680. The Hall–Kier alpha value is -2.28. The van der Waals surface area contributed by atoms with E-state index in [4.69, 9.17) is 0 Å². The third-order valence-electron chi connectivity index (χ3n) is 2.73. The van der Waals surface area contributed by atoms with Crippen molar-refractivity contribution in [2.75, 3.05) is 5.32 Å². The molecule has 2 heterocycles. The standard InChI is InChI=1S/C13H11BrN6/c14-10-4-5-12(15-7-10)8-16-11-3-1-2-9(6-11)13-17-19-20-18-13/h1-7,16H,8H2,(H,17,18,19,20). The van der Waals surface area contributed by atoms with Gasteiger partial charge in [-0.25, -0.2) is 0 Å². The maximum Gasteiger partial charge on any atom is 0.204 e. The number of tetrazole rings is 1. The number of hydrogen-bond donors (Lipinski definition) is 2. The number of anilines is 1. The van der Waals surface area contributed by atoms with Crippen molar-refractivity contribution in [1.29, 1.82) is 0 Å². The van der Waals surface area contributed by atoms with E-state index in [0.717, 1.165) is 21.4 Å². The fraction of sp³-hybridized carbons (Fsp3) is 0.0769. The third-order valence-corrected chi connectivity index (χ3v) is 3.20. The smallest absolute Gasteiger partial charge is 0.204 e. The molecule has 0 bridgehead atoms. The van der Waals surface area contributed by atoms with Gasteiger partial charge in [0, 0.05) is 21.9 Å². The number of nitrogens with one attached hydrogen (secondary N) is 2. The Morgan fingerprint density at radius 1 is 1.20 bits per heavy atom. The van der Waals surface area contributed by atoms with Crippen molar-refractivity contribution in [3.05, 3.63) is 52.8 Å². The number of halogens is 1. The lowest BCUT2D eigenvalue weighted by atomic mass is 10.2. The first-order chi connectivity index (χ1) is 9.81. The van der Waals surface area contributed by atoms with Crippen molar-refractivity contribution in [3.8, 4) is 11.4 Å². The second-order valence-electron chi connectivity index (χ2n) is 4.14. The van der Waals surface area contributed by atoms with Gasteiger partial charge in [-0.05, 0) is 45.4 Å². The molecular weight excluding hydrogens is 320 g/mol. The van der Waals surface area contributed by atoms with Gasteiger partial charge in [-0.1, -0.05) is 12.1 Å². The second-order valence-corrected chi connectivity index (χ2v) is 5.05. The van der Waals surface area contributed by atoms with E-state index >= 15 is 0 Å². The zero-order chi connectivity index (χ0) is 13.8. The molecule has 6 nitrogen and oxygen atoms in total. The minimum absolute atomic E-state index is 0.579. The van der Waals surface area contributed by atoms with Crippen molar-refractivity contribution in [2.45, 2.75) is 6.54 Å². The molecule has 0 saturated carbocycles. The lowest BCUT2D eigenvalue weighted by Crippen LogP contribution is -2.01. The van der Waals surface area contributed by atoms with Gasteiger partial charge in [-0.2, -0.15) is 5.21 Å². The Labute approximate surface area is 123 Å². The lowest BCUT2D eigenvalue weighted by Gasteiger charge is -2.07. The van der Waals surface area contributed by atoms with Crippen LogP contribution in [0.2, 0.25) is 0 Å². The van der Waals surface area contributed by atoms with Gasteiger partial charge in [0.05, 0.1) is 12.2 Å². The number of hydrogen-bond acceptors (Lipinski definition) is 5. The average molecular weight is 331 g/mol. The summed E-state index contributed by atoms with van der Waals surface area (Å²) in [5.41, 5.74) is 2.86. The summed E-state index contributed by atoms with van der Waals surface area (Å²) >= 11 is 3.37. The SMILES string of the molecule is Brc1ccc(CNc2cccc(-c3nn[nH]n3)c2)nc1. The summed E-state index contributed by atoms with van der Waals surface area (Å²) in [6.45, 7) is 0.656. The van der Waals surface area contributed by atoms with Crippen molar-refractivity contribution >= 4 is 21.6 Å². The highest BCUT2D eigenvalue weighted by atomic mass is 79.9. The van der Waals surface area contributed by atoms with Crippen molar-refractivity contribution < 1.29 is 0 Å². The number of rotatable bonds is 4. The van der Waals surface area contributed by atoms with E-state index in [2.05, 4.69) is 46.9 Å². The van der Waals surface area contributed by atoms with E-state index in [9.17, 15) is 0 Å². The summed E-state index contributed by atoms with van der Waals surface area (Å²) in [7, 11) is 0. The van der Waals surface area contributed by atoms with Crippen LogP contribution in [0.15, 0.2) is 47.1 Å². The van der Waals surface area contributed by atoms with E-state index < -0.39 is 0 Å². The van der Waals surface area contributed by atoms with Gasteiger partial charge < -0.3 is 5.32 Å². The summed E-state index contributed by atoms with van der Waals surface area (Å²) in [5.74, 6) is 0.579. The second kappa shape index (κ2) is 5.79. The topological polar surface area (TPSA) is 79.4 Å². The summed E-state index contributed by atoms with van der Waals surface area (Å²) in [6.07, 6.45) is 1.78.